The number of aliphatic hydroxyl groups is 2. The highest BCUT2D eigenvalue weighted by Gasteiger charge is 2.27. The average molecular weight is 623 g/mol. The van der Waals surface area contributed by atoms with Crippen molar-refractivity contribution in [2.75, 3.05) is 26.4 Å². The van der Waals surface area contributed by atoms with Crippen molar-refractivity contribution in [3.8, 4) is 0 Å². The molecular weight excluding hydrogens is 563 g/mol. The third-order valence-electron chi connectivity index (χ3n) is 6.67. The smallest absolute Gasteiger partial charge is 0.462 e. The summed E-state index contributed by atoms with van der Waals surface area (Å²) in [7, 11) is -4.59. The molecule has 0 amide bonds. The van der Waals surface area contributed by atoms with Gasteiger partial charge in [-0.2, -0.15) is 0 Å². The molecule has 3 atom stereocenters. The minimum absolute atomic E-state index is 0.176. The van der Waals surface area contributed by atoms with Crippen LogP contribution in [-0.4, -0.2) is 65.7 Å². The van der Waals surface area contributed by atoms with Gasteiger partial charge in [0.25, 0.3) is 0 Å². The van der Waals surface area contributed by atoms with E-state index in [0.717, 1.165) is 64.2 Å². The van der Waals surface area contributed by atoms with Gasteiger partial charge in [-0.05, 0) is 38.5 Å². The Bertz CT molecular complexity index is 731. The first-order chi connectivity index (χ1) is 20.2. The van der Waals surface area contributed by atoms with E-state index in [1.54, 1.807) is 0 Å². The van der Waals surface area contributed by atoms with E-state index in [9.17, 15) is 24.2 Å². The number of phosphoric ester groups is 1. The first-order valence-electron chi connectivity index (χ1n) is 16.1. The normalized spacial score (nSPS) is 14.5. The zero-order valence-electron chi connectivity index (χ0n) is 26.2. The molecule has 10 nitrogen and oxygen atoms in total. The third-order valence-corrected chi connectivity index (χ3v) is 7.62. The van der Waals surface area contributed by atoms with Crippen molar-refractivity contribution in [2.45, 2.75) is 148 Å². The highest BCUT2D eigenvalue weighted by Crippen LogP contribution is 2.43. The Morgan fingerprint density at radius 3 is 1.74 bits per heavy atom. The highest BCUT2D eigenvalue weighted by atomic mass is 31.2. The van der Waals surface area contributed by atoms with Gasteiger partial charge in [0.05, 0.1) is 19.8 Å². The number of carbonyl (C=O) groups is 2. The minimum atomic E-state index is -4.59. The van der Waals surface area contributed by atoms with Crippen LogP contribution in [0.15, 0.2) is 12.2 Å². The predicted molar refractivity (Wildman–Crippen MR) is 164 cm³/mol. The van der Waals surface area contributed by atoms with Gasteiger partial charge in [0.15, 0.2) is 6.10 Å². The molecular formula is C31H59O10P. The SMILES string of the molecule is CCCCCC/C=C\CCCCCCCC(=O)OC(COC(=O)CCCCCCCC)COP(=O)(O)OCC(O)CO. The van der Waals surface area contributed by atoms with Gasteiger partial charge < -0.3 is 24.6 Å². The lowest BCUT2D eigenvalue weighted by Gasteiger charge is -2.20. The second-order valence-electron chi connectivity index (χ2n) is 10.8. The van der Waals surface area contributed by atoms with Crippen molar-refractivity contribution in [1.29, 1.82) is 0 Å². The number of hydrogen-bond acceptors (Lipinski definition) is 9. The molecule has 0 saturated carbocycles. The Hall–Kier alpha value is -1.29. The molecule has 3 N–H and O–H groups in total. The van der Waals surface area contributed by atoms with E-state index in [1.807, 2.05) is 0 Å². The lowest BCUT2D eigenvalue weighted by Crippen LogP contribution is -2.29. The summed E-state index contributed by atoms with van der Waals surface area (Å²) in [5.74, 6) is -0.946. The number of allylic oxidation sites excluding steroid dienone is 2. The molecule has 0 spiro atoms. The van der Waals surface area contributed by atoms with E-state index in [4.69, 9.17) is 19.1 Å². The molecule has 0 aromatic rings. The highest BCUT2D eigenvalue weighted by molar-refractivity contribution is 7.47. The van der Waals surface area contributed by atoms with E-state index in [2.05, 4.69) is 30.5 Å². The summed E-state index contributed by atoms with van der Waals surface area (Å²) < 4.78 is 32.3. The van der Waals surface area contributed by atoms with Gasteiger partial charge in [-0.1, -0.05) is 96.6 Å². The average Bonchev–Trinajstić information content (AvgIpc) is 2.97. The summed E-state index contributed by atoms with van der Waals surface area (Å²) in [4.78, 5) is 34.4. The Morgan fingerprint density at radius 2 is 1.17 bits per heavy atom. The fourth-order valence-electron chi connectivity index (χ4n) is 4.10. The summed E-state index contributed by atoms with van der Waals surface area (Å²) in [6, 6.07) is 0. The molecule has 248 valence electrons. The monoisotopic (exact) mass is 622 g/mol. The first kappa shape index (κ1) is 40.7. The second-order valence-corrected chi connectivity index (χ2v) is 12.3. The Labute approximate surface area is 254 Å². The molecule has 0 heterocycles. The molecule has 0 aromatic heterocycles. The molecule has 0 bridgehead atoms. The van der Waals surface area contributed by atoms with Gasteiger partial charge in [-0.3, -0.25) is 18.6 Å². The Balaban J connectivity index is 4.43. The summed E-state index contributed by atoms with van der Waals surface area (Å²) >= 11 is 0. The zero-order chi connectivity index (χ0) is 31.3. The fourth-order valence-corrected chi connectivity index (χ4v) is 4.89. The number of carbonyl (C=O) groups excluding carboxylic acids is 2. The maximum atomic E-state index is 12.4. The number of phosphoric acid groups is 1. The molecule has 0 fully saturated rings. The molecule has 42 heavy (non-hydrogen) atoms. The Kier molecular flexibility index (Phi) is 27.6. The van der Waals surface area contributed by atoms with Gasteiger partial charge in [-0.25, -0.2) is 4.57 Å². The van der Waals surface area contributed by atoms with Crippen LogP contribution in [0.25, 0.3) is 0 Å². The van der Waals surface area contributed by atoms with Crippen molar-refractivity contribution in [3.05, 3.63) is 12.2 Å². The lowest BCUT2D eigenvalue weighted by atomic mass is 10.1. The second kappa shape index (κ2) is 28.5. The van der Waals surface area contributed by atoms with Crippen LogP contribution in [0.3, 0.4) is 0 Å². The standard InChI is InChI=1S/C31H59O10P/c1-3-5-7-9-11-12-13-14-15-16-17-19-21-23-31(35)41-29(27-40-42(36,37)39-25-28(33)24-32)26-38-30(34)22-20-18-10-8-6-4-2/h12-13,28-29,32-33H,3-11,14-27H2,1-2H3,(H,36,37)/b13-12-. The number of hydrogen-bond donors (Lipinski definition) is 3. The van der Waals surface area contributed by atoms with E-state index >= 15 is 0 Å². The van der Waals surface area contributed by atoms with Crippen LogP contribution >= 0.6 is 7.82 Å². The first-order valence-corrected chi connectivity index (χ1v) is 17.6. The van der Waals surface area contributed by atoms with Crippen LogP contribution in [0.2, 0.25) is 0 Å². The number of rotatable bonds is 30. The fraction of sp³-hybridized carbons (Fsp3) is 0.871. The van der Waals surface area contributed by atoms with Crippen LogP contribution in [-0.2, 0) is 32.7 Å². The van der Waals surface area contributed by atoms with Crippen molar-refractivity contribution < 1.29 is 47.8 Å². The maximum absolute atomic E-state index is 12.4. The van der Waals surface area contributed by atoms with Gasteiger partial charge in [0.2, 0.25) is 0 Å². The van der Waals surface area contributed by atoms with Gasteiger partial charge >= 0.3 is 19.8 Å². The molecule has 0 aliphatic rings. The third kappa shape index (κ3) is 27.5. The van der Waals surface area contributed by atoms with Crippen LogP contribution in [0, 0.1) is 0 Å². The van der Waals surface area contributed by atoms with Gasteiger partial charge in [-0.15, -0.1) is 0 Å². The molecule has 0 aromatic carbocycles. The largest absolute Gasteiger partial charge is 0.472 e. The van der Waals surface area contributed by atoms with Gasteiger partial charge in [0.1, 0.15) is 12.7 Å². The molecule has 0 aliphatic carbocycles. The molecule has 11 heteroatoms. The van der Waals surface area contributed by atoms with Crippen LogP contribution in [0.4, 0.5) is 0 Å². The van der Waals surface area contributed by atoms with Crippen molar-refractivity contribution in [2.24, 2.45) is 0 Å². The van der Waals surface area contributed by atoms with E-state index in [-0.39, 0.29) is 19.4 Å². The van der Waals surface area contributed by atoms with E-state index in [1.165, 1.54) is 32.1 Å². The van der Waals surface area contributed by atoms with Crippen LogP contribution in [0.1, 0.15) is 136 Å². The van der Waals surface area contributed by atoms with E-state index in [0.29, 0.717) is 12.8 Å². The summed E-state index contributed by atoms with van der Waals surface area (Å²) in [5.41, 5.74) is 0. The number of ether oxygens (including phenoxy) is 2. The van der Waals surface area contributed by atoms with Crippen molar-refractivity contribution >= 4 is 19.8 Å². The number of aliphatic hydroxyl groups excluding tert-OH is 2. The molecule has 0 saturated heterocycles. The zero-order valence-corrected chi connectivity index (χ0v) is 27.1. The summed E-state index contributed by atoms with van der Waals surface area (Å²) in [6.07, 6.45) is 20.8. The van der Waals surface area contributed by atoms with Crippen LogP contribution in [0.5, 0.6) is 0 Å². The molecule has 3 unspecified atom stereocenters. The number of esters is 2. The maximum Gasteiger partial charge on any atom is 0.472 e. The van der Waals surface area contributed by atoms with Crippen molar-refractivity contribution in [3.63, 3.8) is 0 Å². The van der Waals surface area contributed by atoms with Gasteiger partial charge in [0, 0.05) is 12.8 Å². The lowest BCUT2D eigenvalue weighted by molar-refractivity contribution is -0.161. The molecule has 0 radical (unpaired) electrons. The Morgan fingerprint density at radius 1 is 0.690 bits per heavy atom. The predicted octanol–water partition coefficient (Wildman–Crippen LogP) is 6.94. The number of unbranched alkanes of at least 4 members (excludes halogenated alkanes) is 14. The summed E-state index contributed by atoms with van der Waals surface area (Å²) in [6.45, 7) is 2.25. The van der Waals surface area contributed by atoms with Crippen LogP contribution < -0.4 is 0 Å². The minimum Gasteiger partial charge on any atom is -0.462 e. The summed E-state index contributed by atoms with van der Waals surface area (Å²) in [5, 5.41) is 18.1. The molecule has 0 aliphatic heterocycles. The van der Waals surface area contributed by atoms with E-state index < -0.39 is 51.8 Å². The quantitative estimate of drug-likeness (QED) is 0.0333. The molecule has 0 rings (SSSR count). The van der Waals surface area contributed by atoms with Crippen molar-refractivity contribution in [1.82, 2.24) is 0 Å². The topological polar surface area (TPSA) is 149 Å².